The largest absolute Gasteiger partial charge is 0.454 e. The van der Waals surface area contributed by atoms with Crippen molar-refractivity contribution in [2.24, 2.45) is 0 Å². The summed E-state index contributed by atoms with van der Waals surface area (Å²) in [6.45, 7) is -1.64. The van der Waals surface area contributed by atoms with Crippen LogP contribution in [-0.2, 0) is 9.53 Å². The third-order valence-corrected chi connectivity index (χ3v) is 3.62. The maximum atomic E-state index is 12.4. The number of hydrogen-bond donors (Lipinski definition) is 1. The predicted molar refractivity (Wildman–Crippen MR) is 89.1 cm³/mol. The minimum Gasteiger partial charge on any atom is -0.454 e. The van der Waals surface area contributed by atoms with Crippen LogP contribution in [-0.4, -0.2) is 31.4 Å². The average Bonchev–Trinajstić information content (AvgIpc) is 3.09. The lowest BCUT2D eigenvalue weighted by Crippen LogP contribution is -2.30. The molecule has 1 atom stereocenters. The molecule has 1 N–H and O–H groups in total. The summed E-state index contributed by atoms with van der Waals surface area (Å²) in [4.78, 5) is 24.4. The van der Waals surface area contributed by atoms with E-state index in [2.05, 4.69) is 10.1 Å². The summed E-state index contributed by atoms with van der Waals surface area (Å²) in [5.74, 6) is -0.853. The van der Waals surface area contributed by atoms with Crippen molar-refractivity contribution in [1.29, 1.82) is 0 Å². The Kier molecular flexibility index (Phi) is 5.39. The Labute approximate surface area is 152 Å². The van der Waals surface area contributed by atoms with E-state index in [0.717, 1.165) is 0 Å². The summed E-state index contributed by atoms with van der Waals surface area (Å²) in [6.07, 6.45) is -1.18. The number of hydrogen-bond acceptors (Lipinski definition) is 6. The number of amides is 1. The van der Waals surface area contributed by atoms with Crippen LogP contribution in [0.2, 0.25) is 0 Å². The van der Waals surface area contributed by atoms with Crippen molar-refractivity contribution in [2.45, 2.75) is 19.6 Å². The zero-order valence-electron chi connectivity index (χ0n) is 14.1. The molecule has 0 unspecified atom stereocenters. The summed E-state index contributed by atoms with van der Waals surface area (Å²) in [6, 6.07) is 10.2. The average molecular weight is 379 g/mol. The molecule has 0 aliphatic carbocycles. The molecule has 1 aliphatic rings. The Hall–Kier alpha value is -3.36. The first kappa shape index (κ1) is 18.4. The summed E-state index contributed by atoms with van der Waals surface area (Å²) >= 11 is 0. The number of rotatable bonds is 6. The van der Waals surface area contributed by atoms with Crippen LogP contribution in [0.1, 0.15) is 17.3 Å². The Balaban J connectivity index is 1.63. The SMILES string of the molecule is C[C@@H](OC(=O)c1ccccc1OC(F)F)C(=O)Nc1ccc2c(c1)OCO2. The quantitative estimate of drug-likeness (QED) is 0.776. The fourth-order valence-corrected chi connectivity index (χ4v) is 2.33. The number of para-hydroxylation sites is 1. The molecule has 9 heteroatoms. The molecule has 142 valence electrons. The molecule has 2 aromatic carbocycles. The van der Waals surface area contributed by atoms with E-state index in [9.17, 15) is 18.4 Å². The summed E-state index contributed by atoms with van der Waals surface area (Å²) in [5, 5.41) is 2.57. The molecule has 7 nitrogen and oxygen atoms in total. The molecule has 0 saturated heterocycles. The molecule has 0 saturated carbocycles. The molecular weight excluding hydrogens is 364 g/mol. The van der Waals surface area contributed by atoms with Gasteiger partial charge in [-0.25, -0.2) is 4.79 Å². The number of halogens is 2. The van der Waals surface area contributed by atoms with Gasteiger partial charge in [-0.3, -0.25) is 4.79 Å². The minimum absolute atomic E-state index is 0.0981. The molecule has 0 bridgehead atoms. The van der Waals surface area contributed by atoms with Crippen molar-refractivity contribution in [3.05, 3.63) is 48.0 Å². The topological polar surface area (TPSA) is 83.1 Å². The van der Waals surface area contributed by atoms with Gasteiger partial charge in [-0.05, 0) is 31.2 Å². The third-order valence-electron chi connectivity index (χ3n) is 3.62. The molecule has 1 aliphatic heterocycles. The van der Waals surface area contributed by atoms with Gasteiger partial charge < -0.3 is 24.3 Å². The van der Waals surface area contributed by atoms with Crippen LogP contribution in [0.3, 0.4) is 0 Å². The second-order valence-corrected chi connectivity index (χ2v) is 5.48. The standard InChI is InChI=1S/C18H15F2NO6/c1-10(16(22)21-11-6-7-14-15(8-11)25-9-24-14)26-17(23)12-4-2-3-5-13(12)27-18(19)20/h2-8,10,18H,9H2,1H3,(H,21,22)/t10-/m1/s1. The van der Waals surface area contributed by atoms with Crippen molar-refractivity contribution in [3.63, 3.8) is 0 Å². The normalized spacial score (nSPS) is 13.2. The molecule has 27 heavy (non-hydrogen) atoms. The lowest BCUT2D eigenvalue weighted by atomic mass is 10.2. The number of esters is 1. The molecule has 2 aromatic rings. The second-order valence-electron chi connectivity index (χ2n) is 5.48. The number of nitrogens with one attached hydrogen (secondary N) is 1. The maximum Gasteiger partial charge on any atom is 0.387 e. The number of carbonyl (C=O) groups is 2. The molecule has 1 heterocycles. The Morgan fingerprint density at radius 3 is 2.63 bits per heavy atom. The van der Waals surface area contributed by atoms with Crippen LogP contribution in [0.5, 0.6) is 17.2 Å². The maximum absolute atomic E-state index is 12.4. The van der Waals surface area contributed by atoms with E-state index in [1.807, 2.05) is 0 Å². The highest BCUT2D eigenvalue weighted by Crippen LogP contribution is 2.34. The van der Waals surface area contributed by atoms with Gasteiger partial charge in [0.25, 0.3) is 5.91 Å². The first-order valence-corrected chi connectivity index (χ1v) is 7.89. The highest BCUT2D eigenvalue weighted by atomic mass is 19.3. The molecule has 0 fully saturated rings. The molecule has 0 spiro atoms. The van der Waals surface area contributed by atoms with Gasteiger partial charge in [-0.15, -0.1) is 0 Å². The lowest BCUT2D eigenvalue weighted by molar-refractivity contribution is -0.123. The molecule has 0 radical (unpaired) electrons. The van der Waals surface area contributed by atoms with E-state index in [1.165, 1.54) is 31.2 Å². The van der Waals surface area contributed by atoms with Crippen LogP contribution in [0, 0.1) is 0 Å². The Morgan fingerprint density at radius 1 is 1.11 bits per heavy atom. The van der Waals surface area contributed by atoms with Crippen LogP contribution in [0.4, 0.5) is 14.5 Å². The fourth-order valence-electron chi connectivity index (χ4n) is 2.33. The smallest absolute Gasteiger partial charge is 0.387 e. The summed E-state index contributed by atoms with van der Waals surface area (Å²) in [7, 11) is 0. The molecule has 3 rings (SSSR count). The van der Waals surface area contributed by atoms with Gasteiger partial charge in [-0.2, -0.15) is 8.78 Å². The van der Waals surface area contributed by atoms with E-state index in [0.29, 0.717) is 17.2 Å². The van der Waals surface area contributed by atoms with E-state index >= 15 is 0 Å². The van der Waals surface area contributed by atoms with Gasteiger partial charge in [0.1, 0.15) is 11.3 Å². The van der Waals surface area contributed by atoms with Gasteiger partial charge >= 0.3 is 12.6 Å². The minimum atomic E-state index is -3.09. The van der Waals surface area contributed by atoms with Crippen molar-refractivity contribution < 1.29 is 37.3 Å². The van der Waals surface area contributed by atoms with Crippen molar-refractivity contribution >= 4 is 17.6 Å². The predicted octanol–water partition coefficient (Wildman–Crippen LogP) is 3.20. The van der Waals surface area contributed by atoms with Gasteiger partial charge in [-0.1, -0.05) is 12.1 Å². The summed E-state index contributed by atoms with van der Waals surface area (Å²) < 4.78 is 44.6. The van der Waals surface area contributed by atoms with Crippen LogP contribution in [0.15, 0.2) is 42.5 Å². The van der Waals surface area contributed by atoms with Gasteiger partial charge in [0.15, 0.2) is 17.6 Å². The third kappa shape index (κ3) is 4.43. The van der Waals surface area contributed by atoms with Gasteiger partial charge in [0.2, 0.25) is 6.79 Å². The number of carbonyl (C=O) groups excluding carboxylic acids is 2. The van der Waals surface area contributed by atoms with E-state index in [1.54, 1.807) is 18.2 Å². The fraction of sp³-hybridized carbons (Fsp3) is 0.222. The Morgan fingerprint density at radius 2 is 1.85 bits per heavy atom. The Bertz CT molecular complexity index is 857. The van der Waals surface area contributed by atoms with E-state index in [4.69, 9.17) is 14.2 Å². The van der Waals surface area contributed by atoms with Gasteiger partial charge in [0, 0.05) is 11.8 Å². The van der Waals surface area contributed by atoms with E-state index in [-0.39, 0.29) is 18.1 Å². The monoisotopic (exact) mass is 379 g/mol. The molecular formula is C18H15F2NO6. The molecule has 1 amide bonds. The van der Waals surface area contributed by atoms with Crippen molar-refractivity contribution in [1.82, 2.24) is 0 Å². The molecule has 0 aromatic heterocycles. The second kappa shape index (κ2) is 7.90. The van der Waals surface area contributed by atoms with E-state index < -0.39 is 24.6 Å². The number of alkyl halides is 2. The first-order valence-electron chi connectivity index (χ1n) is 7.89. The van der Waals surface area contributed by atoms with Crippen LogP contribution >= 0.6 is 0 Å². The first-order chi connectivity index (χ1) is 12.9. The summed E-state index contributed by atoms with van der Waals surface area (Å²) in [5.41, 5.74) is 0.217. The van der Waals surface area contributed by atoms with Crippen molar-refractivity contribution in [2.75, 3.05) is 12.1 Å². The van der Waals surface area contributed by atoms with Crippen LogP contribution < -0.4 is 19.5 Å². The van der Waals surface area contributed by atoms with Crippen LogP contribution in [0.25, 0.3) is 0 Å². The number of ether oxygens (including phenoxy) is 4. The lowest BCUT2D eigenvalue weighted by Gasteiger charge is -2.15. The highest BCUT2D eigenvalue weighted by Gasteiger charge is 2.23. The zero-order chi connectivity index (χ0) is 19.4. The number of anilines is 1. The number of fused-ring (bicyclic) bond motifs is 1. The highest BCUT2D eigenvalue weighted by molar-refractivity contribution is 5.98. The van der Waals surface area contributed by atoms with Crippen molar-refractivity contribution in [3.8, 4) is 17.2 Å². The number of benzene rings is 2. The zero-order valence-corrected chi connectivity index (χ0v) is 14.1. The van der Waals surface area contributed by atoms with Gasteiger partial charge in [0.05, 0.1) is 0 Å².